The van der Waals surface area contributed by atoms with E-state index in [0.29, 0.717) is 5.56 Å². The van der Waals surface area contributed by atoms with Crippen molar-refractivity contribution in [1.82, 2.24) is 0 Å². The predicted octanol–water partition coefficient (Wildman–Crippen LogP) is 0.152. The molecule has 0 radical (unpaired) electrons. The summed E-state index contributed by atoms with van der Waals surface area (Å²) in [6.07, 6.45) is 0. The van der Waals surface area contributed by atoms with Gasteiger partial charge in [-0.15, -0.1) is 0 Å². The quantitative estimate of drug-likeness (QED) is 0.786. The maximum Gasteiger partial charge on any atom is 0.321 e. The molecule has 7 heteroatoms. The van der Waals surface area contributed by atoms with Crippen molar-refractivity contribution in [2.75, 3.05) is 5.75 Å². The SMILES string of the molecule is NC(CS(=O)(=O)Cc1ccc(F)cc1)C(=O)O. The fourth-order valence-electron chi connectivity index (χ4n) is 1.24. The van der Waals surface area contributed by atoms with Crippen molar-refractivity contribution in [1.29, 1.82) is 0 Å². The molecule has 0 saturated heterocycles. The Balaban J connectivity index is 2.73. The molecule has 0 aliphatic rings. The summed E-state index contributed by atoms with van der Waals surface area (Å²) >= 11 is 0. The van der Waals surface area contributed by atoms with E-state index in [-0.39, 0.29) is 5.75 Å². The Kier molecular flexibility index (Phi) is 4.19. The molecule has 0 aromatic heterocycles. The number of rotatable bonds is 5. The number of carboxylic acid groups (broad SMARTS) is 1. The van der Waals surface area contributed by atoms with Gasteiger partial charge in [0.2, 0.25) is 0 Å². The van der Waals surface area contributed by atoms with E-state index in [9.17, 15) is 17.6 Å². The first-order valence-electron chi connectivity index (χ1n) is 4.73. The number of hydrogen-bond donors (Lipinski definition) is 2. The van der Waals surface area contributed by atoms with Crippen molar-refractivity contribution >= 4 is 15.8 Å². The second-order valence-corrected chi connectivity index (χ2v) is 5.73. The zero-order valence-corrected chi connectivity index (χ0v) is 9.65. The second-order valence-electron chi connectivity index (χ2n) is 3.63. The van der Waals surface area contributed by atoms with Crippen LogP contribution in [0.2, 0.25) is 0 Å². The largest absolute Gasteiger partial charge is 0.480 e. The third kappa shape index (κ3) is 4.49. The van der Waals surface area contributed by atoms with Crippen molar-refractivity contribution in [3.05, 3.63) is 35.6 Å². The standard InChI is InChI=1S/C10H12FNO4S/c11-8-3-1-7(2-4-8)5-17(15,16)6-9(12)10(13)14/h1-4,9H,5-6,12H2,(H,13,14). The highest BCUT2D eigenvalue weighted by molar-refractivity contribution is 7.90. The van der Waals surface area contributed by atoms with Crippen LogP contribution in [0.4, 0.5) is 4.39 Å². The molecule has 1 atom stereocenters. The molecule has 0 heterocycles. The molecular weight excluding hydrogens is 249 g/mol. The van der Waals surface area contributed by atoms with E-state index < -0.39 is 33.4 Å². The minimum Gasteiger partial charge on any atom is -0.480 e. The summed E-state index contributed by atoms with van der Waals surface area (Å²) in [6.45, 7) is 0. The van der Waals surface area contributed by atoms with Gasteiger partial charge in [-0.3, -0.25) is 4.79 Å². The van der Waals surface area contributed by atoms with Gasteiger partial charge in [-0.2, -0.15) is 0 Å². The van der Waals surface area contributed by atoms with Crippen LogP contribution in [0.25, 0.3) is 0 Å². The fraction of sp³-hybridized carbons (Fsp3) is 0.300. The number of aliphatic carboxylic acids is 1. The summed E-state index contributed by atoms with van der Waals surface area (Å²) in [7, 11) is -3.62. The molecule has 0 fully saturated rings. The molecule has 94 valence electrons. The summed E-state index contributed by atoms with van der Waals surface area (Å²) in [5.41, 5.74) is 5.53. The first-order valence-corrected chi connectivity index (χ1v) is 6.55. The molecule has 0 saturated carbocycles. The topological polar surface area (TPSA) is 97.5 Å². The van der Waals surface area contributed by atoms with Crippen LogP contribution < -0.4 is 5.73 Å². The van der Waals surface area contributed by atoms with Crippen LogP contribution in [0.5, 0.6) is 0 Å². The molecular formula is C10H12FNO4S. The number of hydrogen-bond acceptors (Lipinski definition) is 4. The Morgan fingerprint density at radius 3 is 2.35 bits per heavy atom. The molecule has 0 amide bonds. The Morgan fingerprint density at radius 2 is 1.88 bits per heavy atom. The first-order chi connectivity index (χ1) is 7.80. The van der Waals surface area contributed by atoms with Gasteiger partial charge in [-0.25, -0.2) is 12.8 Å². The van der Waals surface area contributed by atoms with Gasteiger partial charge in [0.05, 0.1) is 11.5 Å². The molecule has 0 bridgehead atoms. The Morgan fingerprint density at radius 1 is 1.35 bits per heavy atom. The highest BCUT2D eigenvalue weighted by Crippen LogP contribution is 2.08. The molecule has 1 unspecified atom stereocenters. The number of halogens is 1. The van der Waals surface area contributed by atoms with Crippen LogP contribution in [-0.2, 0) is 20.4 Å². The van der Waals surface area contributed by atoms with E-state index >= 15 is 0 Å². The van der Waals surface area contributed by atoms with Gasteiger partial charge in [-0.1, -0.05) is 12.1 Å². The number of carbonyl (C=O) groups is 1. The summed E-state index contributed by atoms with van der Waals surface area (Å²) in [6, 6.07) is 3.50. The average Bonchev–Trinajstić information content (AvgIpc) is 2.20. The van der Waals surface area contributed by atoms with E-state index in [1.54, 1.807) is 0 Å². The molecule has 5 nitrogen and oxygen atoms in total. The summed E-state index contributed by atoms with van der Waals surface area (Å²) in [5, 5.41) is 8.51. The zero-order valence-electron chi connectivity index (χ0n) is 8.84. The Bertz CT molecular complexity index is 498. The van der Waals surface area contributed by atoms with Gasteiger partial charge in [0.1, 0.15) is 11.9 Å². The minimum atomic E-state index is -3.62. The number of nitrogens with two attached hydrogens (primary N) is 1. The third-order valence-electron chi connectivity index (χ3n) is 2.05. The average molecular weight is 261 g/mol. The number of sulfone groups is 1. The van der Waals surface area contributed by atoms with Gasteiger partial charge in [0, 0.05) is 0 Å². The predicted molar refractivity (Wildman–Crippen MR) is 59.5 cm³/mol. The van der Waals surface area contributed by atoms with Crippen molar-refractivity contribution < 1.29 is 22.7 Å². The third-order valence-corrected chi connectivity index (χ3v) is 3.69. The summed E-state index contributed by atoms with van der Waals surface area (Å²) in [4.78, 5) is 10.4. The maximum absolute atomic E-state index is 12.6. The van der Waals surface area contributed by atoms with Crippen LogP contribution in [0, 0.1) is 5.82 Å². The van der Waals surface area contributed by atoms with Gasteiger partial charge in [0.15, 0.2) is 9.84 Å². The van der Waals surface area contributed by atoms with E-state index in [2.05, 4.69) is 0 Å². The molecule has 1 aromatic rings. The fourth-order valence-corrected chi connectivity index (χ4v) is 2.75. The lowest BCUT2D eigenvalue weighted by molar-refractivity contribution is -0.137. The maximum atomic E-state index is 12.6. The van der Waals surface area contributed by atoms with Gasteiger partial charge >= 0.3 is 5.97 Å². The first kappa shape index (κ1) is 13.6. The molecule has 1 aromatic carbocycles. The van der Waals surface area contributed by atoms with E-state index in [4.69, 9.17) is 10.8 Å². The Labute approximate surface area is 98.0 Å². The molecule has 17 heavy (non-hydrogen) atoms. The molecule has 1 rings (SSSR count). The lowest BCUT2D eigenvalue weighted by atomic mass is 10.2. The molecule has 0 aliphatic heterocycles. The van der Waals surface area contributed by atoms with Gasteiger partial charge in [-0.05, 0) is 17.7 Å². The summed E-state index contributed by atoms with van der Waals surface area (Å²) < 4.78 is 35.7. The van der Waals surface area contributed by atoms with Crippen molar-refractivity contribution in [2.24, 2.45) is 5.73 Å². The lowest BCUT2D eigenvalue weighted by Gasteiger charge is -2.07. The number of carboxylic acids is 1. The molecule has 0 aliphatic carbocycles. The van der Waals surface area contributed by atoms with Crippen LogP contribution in [-0.4, -0.2) is 31.3 Å². The van der Waals surface area contributed by atoms with Gasteiger partial charge in [0.25, 0.3) is 0 Å². The minimum absolute atomic E-state index is 0.353. The van der Waals surface area contributed by atoms with Crippen LogP contribution in [0.3, 0.4) is 0 Å². The van der Waals surface area contributed by atoms with Crippen molar-refractivity contribution in [3.63, 3.8) is 0 Å². The van der Waals surface area contributed by atoms with Gasteiger partial charge < -0.3 is 10.8 Å². The van der Waals surface area contributed by atoms with E-state index in [1.807, 2.05) is 0 Å². The highest BCUT2D eigenvalue weighted by atomic mass is 32.2. The zero-order chi connectivity index (χ0) is 13.1. The smallest absolute Gasteiger partial charge is 0.321 e. The second kappa shape index (κ2) is 5.24. The van der Waals surface area contributed by atoms with Crippen molar-refractivity contribution in [3.8, 4) is 0 Å². The van der Waals surface area contributed by atoms with Crippen LogP contribution in [0.1, 0.15) is 5.56 Å². The summed E-state index contributed by atoms with van der Waals surface area (Å²) in [5.74, 6) is -2.82. The molecule has 0 spiro atoms. The normalized spacial score (nSPS) is 13.3. The monoisotopic (exact) mass is 261 g/mol. The lowest BCUT2D eigenvalue weighted by Crippen LogP contribution is -2.37. The van der Waals surface area contributed by atoms with Crippen LogP contribution >= 0.6 is 0 Å². The highest BCUT2D eigenvalue weighted by Gasteiger charge is 2.21. The van der Waals surface area contributed by atoms with E-state index in [0.717, 1.165) is 12.1 Å². The van der Waals surface area contributed by atoms with Crippen molar-refractivity contribution in [2.45, 2.75) is 11.8 Å². The van der Waals surface area contributed by atoms with Crippen LogP contribution in [0.15, 0.2) is 24.3 Å². The Hall–Kier alpha value is -1.47. The number of benzene rings is 1. The molecule has 3 N–H and O–H groups in total. The van der Waals surface area contributed by atoms with E-state index in [1.165, 1.54) is 12.1 Å².